The predicted octanol–water partition coefficient (Wildman–Crippen LogP) is 1.38. The highest BCUT2D eigenvalue weighted by atomic mass is 35.5. The van der Waals surface area contributed by atoms with Crippen LogP contribution in [0.25, 0.3) is 0 Å². The second-order valence-electron chi connectivity index (χ2n) is 5.60. The molecule has 0 spiro atoms. The van der Waals surface area contributed by atoms with Gasteiger partial charge in [-0.3, -0.25) is 4.79 Å². The van der Waals surface area contributed by atoms with Crippen molar-refractivity contribution < 1.29 is 4.79 Å². The molecule has 5 nitrogen and oxygen atoms in total. The van der Waals surface area contributed by atoms with Crippen LogP contribution in [0, 0.1) is 5.92 Å². The first-order valence-electron chi connectivity index (χ1n) is 7.54. The summed E-state index contributed by atoms with van der Waals surface area (Å²) in [6, 6.07) is -0.361. The van der Waals surface area contributed by atoms with Gasteiger partial charge in [0.1, 0.15) is 0 Å². The number of nitrogens with two attached hydrogens (primary N) is 1. The van der Waals surface area contributed by atoms with Gasteiger partial charge in [-0.1, -0.05) is 20.8 Å². The zero-order valence-corrected chi connectivity index (χ0v) is 16.4. The maximum absolute atomic E-state index is 11.6. The minimum Gasteiger partial charge on any atom is -0.354 e. The first kappa shape index (κ1) is 27.1. The smallest absolute Gasteiger partial charge is 0.236 e. The maximum atomic E-state index is 11.6. The Kier molecular flexibility index (Phi) is 18.2. The van der Waals surface area contributed by atoms with E-state index in [1.807, 2.05) is 6.92 Å². The highest BCUT2D eigenvalue weighted by Crippen LogP contribution is 2.05. The minimum absolute atomic E-state index is 0. The molecule has 136 valence electrons. The molecule has 8 heteroatoms. The predicted molar refractivity (Wildman–Crippen MR) is 101 cm³/mol. The Balaban J connectivity index is -0.00000120. The Morgan fingerprint density at radius 2 is 1.59 bits per heavy atom. The third kappa shape index (κ3) is 10.1. The van der Waals surface area contributed by atoms with E-state index in [1.165, 1.54) is 0 Å². The number of piperazine rings is 1. The molecule has 1 amide bonds. The van der Waals surface area contributed by atoms with Crippen molar-refractivity contribution in [1.29, 1.82) is 0 Å². The summed E-state index contributed by atoms with van der Waals surface area (Å²) < 4.78 is 0. The van der Waals surface area contributed by atoms with Gasteiger partial charge in [0.25, 0.3) is 0 Å². The van der Waals surface area contributed by atoms with E-state index in [0.717, 1.165) is 45.8 Å². The second kappa shape index (κ2) is 14.8. The van der Waals surface area contributed by atoms with Crippen LogP contribution in [0.15, 0.2) is 0 Å². The van der Waals surface area contributed by atoms with Crippen LogP contribution < -0.4 is 11.1 Å². The number of carbonyl (C=O) groups is 1. The fraction of sp³-hybridized carbons (Fsp3) is 0.929. The quantitative estimate of drug-likeness (QED) is 0.701. The fourth-order valence-electron chi connectivity index (χ4n) is 2.38. The van der Waals surface area contributed by atoms with Crippen LogP contribution >= 0.6 is 37.2 Å². The van der Waals surface area contributed by atoms with Crippen LogP contribution in [0.2, 0.25) is 0 Å². The van der Waals surface area contributed by atoms with E-state index in [0.29, 0.717) is 12.3 Å². The molecule has 2 atom stereocenters. The Morgan fingerprint density at radius 3 is 2.05 bits per heavy atom. The zero-order chi connectivity index (χ0) is 14.3. The van der Waals surface area contributed by atoms with Crippen LogP contribution in [0.5, 0.6) is 0 Å². The van der Waals surface area contributed by atoms with Gasteiger partial charge in [0.15, 0.2) is 0 Å². The Labute approximate surface area is 154 Å². The third-order valence-electron chi connectivity index (χ3n) is 3.88. The van der Waals surface area contributed by atoms with E-state index >= 15 is 0 Å². The van der Waals surface area contributed by atoms with E-state index in [-0.39, 0.29) is 49.2 Å². The monoisotopic (exact) mass is 378 g/mol. The van der Waals surface area contributed by atoms with Crippen molar-refractivity contribution in [2.24, 2.45) is 11.7 Å². The lowest BCUT2D eigenvalue weighted by Crippen LogP contribution is -2.48. The molecule has 0 saturated carbocycles. The van der Waals surface area contributed by atoms with Crippen LogP contribution in [0.1, 0.15) is 27.2 Å². The number of hydrogen-bond donors (Lipinski definition) is 2. The lowest BCUT2D eigenvalue weighted by Gasteiger charge is -2.35. The number of amides is 1. The van der Waals surface area contributed by atoms with Crippen LogP contribution in [-0.4, -0.2) is 67.6 Å². The average molecular weight is 380 g/mol. The van der Waals surface area contributed by atoms with E-state index in [9.17, 15) is 4.79 Å². The van der Waals surface area contributed by atoms with E-state index < -0.39 is 0 Å². The van der Waals surface area contributed by atoms with Gasteiger partial charge < -0.3 is 20.9 Å². The van der Waals surface area contributed by atoms with Crippen LogP contribution in [0.3, 0.4) is 0 Å². The normalized spacial score (nSPS) is 18.2. The molecule has 1 fully saturated rings. The molecule has 1 unspecified atom stereocenters. The van der Waals surface area contributed by atoms with E-state index in [4.69, 9.17) is 5.73 Å². The van der Waals surface area contributed by atoms with Crippen LogP contribution in [-0.2, 0) is 4.79 Å². The van der Waals surface area contributed by atoms with Gasteiger partial charge >= 0.3 is 0 Å². The molecule has 1 saturated heterocycles. The molecule has 0 aromatic rings. The van der Waals surface area contributed by atoms with Gasteiger partial charge in [0.2, 0.25) is 5.91 Å². The third-order valence-corrected chi connectivity index (χ3v) is 3.88. The first-order chi connectivity index (χ1) is 9.06. The molecule has 0 radical (unpaired) electrons. The number of halogens is 3. The van der Waals surface area contributed by atoms with Crippen molar-refractivity contribution in [1.82, 2.24) is 15.1 Å². The summed E-state index contributed by atoms with van der Waals surface area (Å²) in [6.45, 7) is 13.9. The molecule has 0 aliphatic carbocycles. The maximum Gasteiger partial charge on any atom is 0.236 e. The topological polar surface area (TPSA) is 61.6 Å². The molecule has 1 aliphatic rings. The lowest BCUT2D eigenvalue weighted by molar-refractivity contribution is -0.122. The standard InChI is InChI=1S/C14H30N4O.3ClH/c1-4-13(15)14(19)16-10-12(3)11-18-8-6-17(5-2)7-9-18;;;/h12-13H,4-11,15H2,1-3H3,(H,16,19);3*1H/t12?,13-;;;/m0.../s1. The summed E-state index contributed by atoms with van der Waals surface area (Å²) in [6.07, 6.45) is 0.694. The molecule has 3 N–H and O–H groups in total. The number of carbonyl (C=O) groups excluding carboxylic acids is 1. The number of nitrogens with one attached hydrogen (secondary N) is 1. The highest BCUT2D eigenvalue weighted by Gasteiger charge is 2.18. The summed E-state index contributed by atoms with van der Waals surface area (Å²) in [4.78, 5) is 16.6. The number of rotatable bonds is 7. The summed E-state index contributed by atoms with van der Waals surface area (Å²) in [5.74, 6) is 0.450. The molecule has 1 rings (SSSR count). The van der Waals surface area contributed by atoms with Crippen LogP contribution in [0.4, 0.5) is 0 Å². The molecule has 1 heterocycles. The summed E-state index contributed by atoms with van der Waals surface area (Å²) >= 11 is 0. The molecular formula is C14H33Cl3N4O. The Bertz CT molecular complexity index is 277. The van der Waals surface area contributed by atoms with Gasteiger partial charge in [0, 0.05) is 39.3 Å². The highest BCUT2D eigenvalue weighted by molar-refractivity contribution is 5.86. The van der Waals surface area contributed by atoms with Crippen molar-refractivity contribution in [3.63, 3.8) is 0 Å². The van der Waals surface area contributed by atoms with Crippen molar-refractivity contribution >= 4 is 43.1 Å². The first-order valence-corrected chi connectivity index (χ1v) is 7.54. The largest absolute Gasteiger partial charge is 0.354 e. The molecule has 1 aliphatic heterocycles. The number of nitrogens with zero attached hydrogens (tertiary/aromatic N) is 2. The SMILES string of the molecule is CC[C@H](N)C(=O)NCC(C)CN1CCN(CC)CC1.Cl.Cl.Cl. The Morgan fingerprint density at radius 1 is 1.09 bits per heavy atom. The number of hydrogen-bond acceptors (Lipinski definition) is 4. The fourth-order valence-corrected chi connectivity index (χ4v) is 2.38. The van der Waals surface area contributed by atoms with Gasteiger partial charge in [-0.05, 0) is 18.9 Å². The van der Waals surface area contributed by atoms with Gasteiger partial charge in [-0.2, -0.15) is 0 Å². The molecule has 0 aromatic heterocycles. The Hall–Kier alpha value is 0.220. The summed E-state index contributed by atoms with van der Waals surface area (Å²) in [5.41, 5.74) is 5.69. The zero-order valence-electron chi connectivity index (χ0n) is 13.9. The molecule has 0 bridgehead atoms. The summed E-state index contributed by atoms with van der Waals surface area (Å²) in [5, 5.41) is 2.94. The summed E-state index contributed by atoms with van der Waals surface area (Å²) in [7, 11) is 0. The van der Waals surface area contributed by atoms with Gasteiger partial charge in [0.05, 0.1) is 6.04 Å². The molecule has 0 aromatic carbocycles. The van der Waals surface area contributed by atoms with E-state index in [1.54, 1.807) is 0 Å². The number of likely N-dealkylation sites (N-methyl/N-ethyl adjacent to an activating group) is 1. The van der Waals surface area contributed by atoms with Crippen molar-refractivity contribution in [2.45, 2.75) is 33.2 Å². The van der Waals surface area contributed by atoms with Gasteiger partial charge in [-0.15, -0.1) is 37.2 Å². The molecular weight excluding hydrogens is 347 g/mol. The average Bonchev–Trinajstić information content (AvgIpc) is 2.44. The van der Waals surface area contributed by atoms with Crippen molar-refractivity contribution in [2.75, 3.05) is 45.8 Å². The van der Waals surface area contributed by atoms with Crippen molar-refractivity contribution in [3.05, 3.63) is 0 Å². The van der Waals surface area contributed by atoms with E-state index in [2.05, 4.69) is 29.0 Å². The lowest BCUT2D eigenvalue weighted by atomic mass is 10.1. The van der Waals surface area contributed by atoms with Crippen molar-refractivity contribution in [3.8, 4) is 0 Å². The minimum atomic E-state index is -0.361. The van der Waals surface area contributed by atoms with Gasteiger partial charge in [-0.25, -0.2) is 0 Å². The second-order valence-corrected chi connectivity index (χ2v) is 5.60. The molecule has 22 heavy (non-hydrogen) atoms.